The number of carbonyl (C=O) groups excluding carboxylic acids is 1. The van der Waals surface area contributed by atoms with Crippen LogP contribution in [0.4, 0.5) is 8.78 Å². The first-order chi connectivity index (χ1) is 12.9. The quantitative estimate of drug-likeness (QED) is 0.789. The van der Waals surface area contributed by atoms with Gasteiger partial charge in [-0.25, -0.2) is 17.2 Å². The summed E-state index contributed by atoms with van der Waals surface area (Å²) in [6.07, 6.45) is 2.10. The topological polar surface area (TPSA) is 66.5 Å². The molecule has 146 valence electrons. The molecule has 2 heterocycles. The van der Waals surface area contributed by atoms with E-state index in [4.69, 9.17) is 0 Å². The first kappa shape index (κ1) is 19.9. The molecule has 1 aromatic heterocycles. The summed E-state index contributed by atoms with van der Waals surface area (Å²) in [5.41, 5.74) is -0.211. The number of benzene rings is 1. The number of hydrogen-bond donors (Lipinski definition) is 1. The van der Waals surface area contributed by atoms with Gasteiger partial charge in [-0.15, -0.1) is 11.3 Å². The lowest BCUT2D eigenvalue weighted by molar-refractivity contribution is -0.122. The molecule has 2 aromatic rings. The average Bonchev–Trinajstić information content (AvgIpc) is 3.17. The first-order valence-corrected chi connectivity index (χ1v) is 11.0. The summed E-state index contributed by atoms with van der Waals surface area (Å²) in [4.78, 5) is 12.3. The van der Waals surface area contributed by atoms with Crippen LogP contribution in [-0.4, -0.2) is 31.2 Å². The largest absolute Gasteiger partial charge is 0.352 e. The molecule has 3 rings (SSSR count). The molecule has 5 nitrogen and oxygen atoms in total. The molecule has 1 aliphatic rings. The lowest BCUT2D eigenvalue weighted by atomic mass is 10.0. The van der Waals surface area contributed by atoms with Gasteiger partial charge in [0, 0.05) is 31.1 Å². The first-order valence-electron chi connectivity index (χ1n) is 8.64. The van der Waals surface area contributed by atoms with Crippen molar-refractivity contribution in [3.8, 4) is 0 Å². The molecular weight excluding hydrogens is 394 g/mol. The van der Waals surface area contributed by atoms with Gasteiger partial charge in [0.05, 0.1) is 0 Å². The SMILES string of the molecule is O=C(C[C@@H]1CCCCN1S(=O)(=O)c1cccs1)NCc1c(F)cccc1F. The predicted molar refractivity (Wildman–Crippen MR) is 98.7 cm³/mol. The van der Waals surface area contributed by atoms with Crippen molar-refractivity contribution in [3.05, 3.63) is 52.9 Å². The Morgan fingerprint density at radius 1 is 1.19 bits per heavy atom. The summed E-state index contributed by atoms with van der Waals surface area (Å²) in [5, 5.41) is 4.19. The minimum atomic E-state index is -3.64. The Labute approximate surface area is 161 Å². The Hall–Kier alpha value is -1.84. The highest BCUT2D eigenvalue weighted by Crippen LogP contribution is 2.29. The lowest BCUT2D eigenvalue weighted by Gasteiger charge is -2.34. The summed E-state index contributed by atoms with van der Waals surface area (Å²) >= 11 is 1.14. The number of hydrogen-bond acceptors (Lipinski definition) is 4. The van der Waals surface area contributed by atoms with Crippen molar-refractivity contribution in [1.82, 2.24) is 9.62 Å². The molecule has 0 spiro atoms. The van der Waals surface area contributed by atoms with E-state index in [0.29, 0.717) is 13.0 Å². The number of rotatable bonds is 6. The highest BCUT2D eigenvalue weighted by Gasteiger charge is 2.35. The second-order valence-corrected chi connectivity index (χ2v) is 9.44. The fourth-order valence-corrected chi connectivity index (χ4v) is 6.01. The molecule has 1 aliphatic heterocycles. The van der Waals surface area contributed by atoms with E-state index in [2.05, 4.69) is 5.32 Å². The van der Waals surface area contributed by atoms with Gasteiger partial charge in [0.15, 0.2) is 0 Å². The van der Waals surface area contributed by atoms with E-state index in [1.54, 1.807) is 17.5 Å². The van der Waals surface area contributed by atoms with Crippen LogP contribution in [0.25, 0.3) is 0 Å². The van der Waals surface area contributed by atoms with Gasteiger partial charge < -0.3 is 5.32 Å². The molecule has 0 aliphatic carbocycles. The van der Waals surface area contributed by atoms with Crippen molar-refractivity contribution in [1.29, 1.82) is 0 Å². The second kappa shape index (κ2) is 8.45. The van der Waals surface area contributed by atoms with Crippen LogP contribution in [0, 0.1) is 11.6 Å². The summed E-state index contributed by atoms with van der Waals surface area (Å²) < 4.78 is 54.6. The van der Waals surface area contributed by atoms with Crippen molar-refractivity contribution in [2.45, 2.75) is 42.5 Å². The number of nitrogens with one attached hydrogen (secondary N) is 1. The number of halogens is 2. The van der Waals surface area contributed by atoms with Crippen LogP contribution in [0.1, 0.15) is 31.2 Å². The van der Waals surface area contributed by atoms with Crippen molar-refractivity contribution in [2.75, 3.05) is 6.54 Å². The normalized spacial score (nSPS) is 18.4. The molecule has 9 heteroatoms. The molecule has 0 saturated carbocycles. The molecule has 0 unspecified atom stereocenters. The number of sulfonamides is 1. The van der Waals surface area contributed by atoms with Gasteiger partial charge in [-0.05, 0) is 36.4 Å². The maximum Gasteiger partial charge on any atom is 0.252 e. The van der Waals surface area contributed by atoms with Crippen LogP contribution >= 0.6 is 11.3 Å². The summed E-state index contributed by atoms with van der Waals surface area (Å²) in [6.45, 7) is 0.0852. The van der Waals surface area contributed by atoms with Crippen molar-refractivity contribution in [2.24, 2.45) is 0 Å². The van der Waals surface area contributed by atoms with Crippen LogP contribution in [0.3, 0.4) is 0 Å². The molecule has 0 bridgehead atoms. The number of thiophene rings is 1. The average molecular weight is 414 g/mol. The van der Waals surface area contributed by atoms with Crippen molar-refractivity contribution < 1.29 is 22.0 Å². The van der Waals surface area contributed by atoms with Gasteiger partial charge in [0.25, 0.3) is 10.0 Å². The zero-order valence-corrected chi connectivity index (χ0v) is 16.2. The van der Waals surface area contributed by atoms with Crippen molar-refractivity contribution in [3.63, 3.8) is 0 Å². The number of piperidine rings is 1. The van der Waals surface area contributed by atoms with Crippen LogP contribution in [0.2, 0.25) is 0 Å². The Kier molecular flexibility index (Phi) is 6.23. The standard InChI is InChI=1S/C18H20F2N2O3S2/c19-15-6-3-7-16(20)14(15)12-21-17(23)11-13-5-1-2-9-22(13)27(24,25)18-8-4-10-26-18/h3-4,6-8,10,13H,1-2,5,9,11-12H2,(H,21,23)/t13-/m0/s1. The monoisotopic (exact) mass is 414 g/mol. The lowest BCUT2D eigenvalue weighted by Crippen LogP contribution is -2.45. The smallest absolute Gasteiger partial charge is 0.252 e. The number of carbonyl (C=O) groups is 1. The summed E-state index contributed by atoms with van der Waals surface area (Å²) in [6, 6.07) is 6.27. The summed E-state index contributed by atoms with van der Waals surface area (Å²) in [7, 11) is -3.64. The van der Waals surface area contributed by atoms with Gasteiger partial charge in [0.2, 0.25) is 5.91 Å². The minimum absolute atomic E-state index is 0.0410. The molecule has 1 atom stereocenters. The maximum absolute atomic E-state index is 13.7. The Bertz CT molecular complexity index is 881. The molecule has 1 N–H and O–H groups in total. The minimum Gasteiger partial charge on any atom is -0.352 e. The highest BCUT2D eigenvalue weighted by molar-refractivity contribution is 7.91. The third kappa shape index (κ3) is 4.53. The summed E-state index contributed by atoms with van der Waals surface area (Å²) in [5.74, 6) is -1.89. The fourth-order valence-electron chi connectivity index (χ4n) is 3.19. The Morgan fingerprint density at radius 2 is 1.93 bits per heavy atom. The molecule has 27 heavy (non-hydrogen) atoms. The Morgan fingerprint density at radius 3 is 2.59 bits per heavy atom. The third-order valence-corrected chi connectivity index (χ3v) is 7.90. The van der Waals surface area contributed by atoms with Gasteiger partial charge in [-0.3, -0.25) is 4.79 Å². The molecule has 1 fully saturated rings. The van der Waals surface area contributed by atoms with Crippen molar-refractivity contribution >= 4 is 27.3 Å². The molecule has 1 saturated heterocycles. The molecule has 1 amide bonds. The molecular formula is C18H20F2N2O3S2. The van der Waals surface area contributed by atoms with E-state index < -0.39 is 33.6 Å². The van der Waals surface area contributed by atoms with Gasteiger partial charge in [-0.1, -0.05) is 18.6 Å². The van der Waals surface area contributed by atoms with E-state index in [1.165, 1.54) is 10.4 Å². The van der Waals surface area contributed by atoms with Crippen LogP contribution in [0.5, 0.6) is 0 Å². The number of amides is 1. The fraction of sp³-hybridized carbons (Fsp3) is 0.389. The molecule has 1 aromatic carbocycles. The predicted octanol–water partition coefficient (Wildman–Crippen LogP) is 3.28. The Balaban J connectivity index is 1.67. The van der Waals surface area contributed by atoms with E-state index in [1.807, 2.05) is 0 Å². The van der Waals surface area contributed by atoms with Gasteiger partial charge >= 0.3 is 0 Å². The number of nitrogens with zero attached hydrogens (tertiary/aromatic N) is 1. The van der Waals surface area contributed by atoms with E-state index in [9.17, 15) is 22.0 Å². The zero-order valence-electron chi connectivity index (χ0n) is 14.5. The highest BCUT2D eigenvalue weighted by atomic mass is 32.2. The van der Waals surface area contributed by atoms with Crippen LogP contribution < -0.4 is 5.32 Å². The van der Waals surface area contributed by atoms with Gasteiger partial charge in [-0.2, -0.15) is 4.31 Å². The second-order valence-electron chi connectivity index (χ2n) is 6.38. The van der Waals surface area contributed by atoms with Gasteiger partial charge in [0.1, 0.15) is 15.8 Å². The maximum atomic E-state index is 13.7. The van der Waals surface area contributed by atoms with Crippen LogP contribution in [-0.2, 0) is 21.4 Å². The van der Waals surface area contributed by atoms with E-state index >= 15 is 0 Å². The van der Waals surface area contributed by atoms with E-state index in [-0.39, 0.29) is 22.7 Å². The molecule has 0 radical (unpaired) electrons. The van der Waals surface area contributed by atoms with E-state index in [0.717, 1.165) is 36.3 Å². The zero-order chi connectivity index (χ0) is 19.4. The van der Waals surface area contributed by atoms with Crippen LogP contribution in [0.15, 0.2) is 39.9 Å². The third-order valence-electron chi connectivity index (χ3n) is 4.58.